The summed E-state index contributed by atoms with van der Waals surface area (Å²) >= 11 is 0. The van der Waals surface area contributed by atoms with Crippen LogP contribution in [0.25, 0.3) is 0 Å². The molecule has 1 N–H and O–H groups in total. The van der Waals surface area contributed by atoms with E-state index >= 15 is 0 Å². The summed E-state index contributed by atoms with van der Waals surface area (Å²) in [5, 5.41) is 2.51. The normalized spacial score (nSPS) is 29.5. The molecular weight excluding hydrogens is 406 g/mol. The SMILES string of the molecule is COc1ccc(N2C(=O)NC(=O)[C@]3(Cc4ccccc4N4C[C@H](C)C[C@H](C)[C@H]43)C2=O)cc1. The molecule has 5 rings (SSSR count). The third-order valence-corrected chi connectivity index (χ3v) is 7.18. The van der Waals surface area contributed by atoms with Crippen molar-refractivity contribution >= 4 is 29.2 Å². The molecule has 4 atom stereocenters. The molecule has 166 valence electrons. The zero-order chi connectivity index (χ0) is 22.6. The number of anilines is 2. The van der Waals surface area contributed by atoms with Crippen LogP contribution in [-0.2, 0) is 16.0 Å². The number of piperidine rings is 1. The minimum absolute atomic E-state index is 0.104. The van der Waals surface area contributed by atoms with Crippen molar-refractivity contribution in [2.45, 2.75) is 32.7 Å². The van der Waals surface area contributed by atoms with Crippen LogP contribution in [0.5, 0.6) is 5.75 Å². The maximum Gasteiger partial charge on any atom is 0.335 e. The minimum Gasteiger partial charge on any atom is -0.497 e. The zero-order valence-electron chi connectivity index (χ0n) is 18.5. The van der Waals surface area contributed by atoms with E-state index in [0.717, 1.165) is 29.1 Å². The predicted octanol–water partition coefficient (Wildman–Crippen LogP) is 3.37. The second-order valence-corrected chi connectivity index (χ2v) is 9.29. The average molecular weight is 434 g/mol. The smallest absolute Gasteiger partial charge is 0.335 e. The molecule has 0 aromatic heterocycles. The fourth-order valence-corrected chi connectivity index (χ4v) is 5.98. The summed E-state index contributed by atoms with van der Waals surface area (Å²) in [5.74, 6) is 0.209. The Kier molecular flexibility index (Phi) is 4.73. The number of benzene rings is 2. The van der Waals surface area contributed by atoms with E-state index in [2.05, 4.69) is 30.1 Å². The molecule has 7 heteroatoms. The van der Waals surface area contributed by atoms with Gasteiger partial charge in [-0.25, -0.2) is 9.69 Å². The van der Waals surface area contributed by atoms with Crippen molar-refractivity contribution in [2.75, 3.05) is 23.5 Å². The number of nitrogens with one attached hydrogen (secondary N) is 1. The lowest BCUT2D eigenvalue weighted by molar-refractivity contribution is -0.146. The second-order valence-electron chi connectivity index (χ2n) is 9.29. The van der Waals surface area contributed by atoms with Gasteiger partial charge in [0, 0.05) is 12.2 Å². The first kappa shape index (κ1) is 20.5. The van der Waals surface area contributed by atoms with E-state index < -0.39 is 23.3 Å². The minimum atomic E-state index is -1.37. The van der Waals surface area contributed by atoms with Crippen molar-refractivity contribution in [2.24, 2.45) is 17.3 Å². The summed E-state index contributed by atoms with van der Waals surface area (Å²) in [7, 11) is 1.56. The van der Waals surface area contributed by atoms with Gasteiger partial charge in [-0.3, -0.25) is 14.9 Å². The summed E-state index contributed by atoms with van der Waals surface area (Å²) in [6.07, 6.45) is 1.19. The quantitative estimate of drug-likeness (QED) is 0.735. The lowest BCUT2D eigenvalue weighted by atomic mass is 9.62. The lowest BCUT2D eigenvalue weighted by Gasteiger charge is -2.56. The Labute approximate surface area is 187 Å². The molecule has 0 unspecified atom stereocenters. The van der Waals surface area contributed by atoms with E-state index in [1.165, 1.54) is 0 Å². The van der Waals surface area contributed by atoms with Crippen molar-refractivity contribution in [3.05, 3.63) is 54.1 Å². The predicted molar refractivity (Wildman–Crippen MR) is 121 cm³/mol. The summed E-state index contributed by atoms with van der Waals surface area (Å²) in [4.78, 5) is 43.9. The van der Waals surface area contributed by atoms with Crippen LogP contribution in [0, 0.1) is 17.3 Å². The van der Waals surface area contributed by atoms with Crippen molar-refractivity contribution in [3.8, 4) is 5.75 Å². The molecule has 3 heterocycles. The zero-order valence-corrected chi connectivity index (χ0v) is 18.5. The number of imide groups is 2. The molecule has 3 aliphatic rings. The Morgan fingerprint density at radius 2 is 1.75 bits per heavy atom. The lowest BCUT2D eigenvalue weighted by Crippen LogP contribution is -2.74. The first-order chi connectivity index (χ1) is 15.4. The van der Waals surface area contributed by atoms with E-state index in [-0.39, 0.29) is 18.4 Å². The van der Waals surface area contributed by atoms with Gasteiger partial charge in [0.2, 0.25) is 5.91 Å². The van der Waals surface area contributed by atoms with Gasteiger partial charge in [-0.1, -0.05) is 32.0 Å². The molecule has 2 fully saturated rings. The average Bonchev–Trinajstić information content (AvgIpc) is 2.77. The number of ether oxygens (including phenoxy) is 1. The van der Waals surface area contributed by atoms with Crippen molar-refractivity contribution in [1.82, 2.24) is 5.32 Å². The molecule has 0 aliphatic carbocycles. The maximum absolute atomic E-state index is 14.2. The molecule has 0 radical (unpaired) electrons. The van der Waals surface area contributed by atoms with Gasteiger partial charge in [0.15, 0.2) is 5.41 Å². The number of carbonyl (C=O) groups is 3. The molecule has 0 bridgehead atoms. The molecular formula is C25H27N3O4. The highest BCUT2D eigenvalue weighted by atomic mass is 16.5. The monoisotopic (exact) mass is 433 g/mol. The van der Waals surface area contributed by atoms with Gasteiger partial charge in [0.05, 0.1) is 18.8 Å². The Balaban J connectivity index is 1.66. The molecule has 7 nitrogen and oxygen atoms in total. The molecule has 1 spiro atoms. The Hall–Kier alpha value is -3.35. The molecule has 4 amide bonds. The van der Waals surface area contributed by atoms with Crippen LogP contribution in [0.2, 0.25) is 0 Å². The van der Waals surface area contributed by atoms with Gasteiger partial charge >= 0.3 is 6.03 Å². The number of barbiturate groups is 1. The number of carbonyl (C=O) groups excluding carboxylic acids is 3. The van der Waals surface area contributed by atoms with Crippen molar-refractivity contribution in [3.63, 3.8) is 0 Å². The van der Waals surface area contributed by atoms with E-state index in [4.69, 9.17) is 4.74 Å². The fourth-order valence-electron chi connectivity index (χ4n) is 5.98. The molecule has 3 aliphatic heterocycles. The van der Waals surface area contributed by atoms with Crippen LogP contribution < -0.4 is 19.9 Å². The third-order valence-electron chi connectivity index (χ3n) is 7.18. The fraction of sp³-hybridized carbons (Fsp3) is 0.400. The molecule has 2 saturated heterocycles. The molecule has 32 heavy (non-hydrogen) atoms. The molecule has 0 saturated carbocycles. The first-order valence-corrected chi connectivity index (χ1v) is 11.1. The number of rotatable bonds is 2. The van der Waals surface area contributed by atoms with Crippen LogP contribution in [0.1, 0.15) is 25.8 Å². The van der Waals surface area contributed by atoms with Crippen LogP contribution in [-0.4, -0.2) is 37.5 Å². The number of methoxy groups -OCH3 is 1. The highest BCUT2D eigenvalue weighted by Crippen LogP contribution is 2.50. The number of nitrogens with zero attached hydrogens (tertiary/aromatic N) is 2. The Bertz CT molecular complexity index is 1100. The summed E-state index contributed by atoms with van der Waals surface area (Å²) in [6, 6.07) is 13.7. The number of urea groups is 1. The molecule has 2 aromatic carbocycles. The second kappa shape index (κ2) is 7.36. The van der Waals surface area contributed by atoms with Gasteiger partial charge in [-0.2, -0.15) is 0 Å². The topological polar surface area (TPSA) is 79.0 Å². The standard InChI is InChI=1S/C25H27N3O4/c1-15-12-16(2)21-25(13-17-6-4-5-7-20(17)27(21)14-15)22(29)26-24(31)28(23(25)30)18-8-10-19(32-3)11-9-18/h4-11,15-16,21H,12-14H2,1-3H3,(H,26,29,31)/t15-,16+,21+,25-/m1/s1. The van der Waals surface area contributed by atoms with Crippen LogP contribution in [0.15, 0.2) is 48.5 Å². The van der Waals surface area contributed by atoms with Crippen molar-refractivity contribution in [1.29, 1.82) is 0 Å². The summed E-state index contributed by atoms with van der Waals surface area (Å²) < 4.78 is 5.21. The Morgan fingerprint density at radius 3 is 2.47 bits per heavy atom. The largest absolute Gasteiger partial charge is 0.497 e. The van der Waals surface area contributed by atoms with E-state index in [1.807, 2.05) is 18.2 Å². The summed E-state index contributed by atoms with van der Waals surface area (Å²) in [6.45, 7) is 5.08. The van der Waals surface area contributed by atoms with E-state index in [0.29, 0.717) is 17.4 Å². The van der Waals surface area contributed by atoms with Gasteiger partial charge < -0.3 is 9.64 Å². The van der Waals surface area contributed by atoms with E-state index in [1.54, 1.807) is 31.4 Å². The number of hydrogen-bond acceptors (Lipinski definition) is 5. The van der Waals surface area contributed by atoms with Gasteiger partial charge in [-0.05, 0) is 60.6 Å². The first-order valence-electron chi connectivity index (χ1n) is 11.1. The van der Waals surface area contributed by atoms with E-state index in [9.17, 15) is 14.4 Å². The van der Waals surface area contributed by atoms with Crippen LogP contribution in [0.3, 0.4) is 0 Å². The Morgan fingerprint density at radius 1 is 1.03 bits per heavy atom. The van der Waals surface area contributed by atoms with Gasteiger partial charge in [-0.15, -0.1) is 0 Å². The molecule has 2 aromatic rings. The van der Waals surface area contributed by atoms with Crippen molar-refractivity contribution < 1.29 is 19.1 Å². The number of para-hydroxylation sites is 1. The van der Waals surface area contributed by atoms with Gasteiger partial charge in [0.25, 0.3) is 5.91 Å². The number of fused-ring (bicyclic) bond motifs is 4. The van der Waals surface area contributed by atoms with Crippen LogP contribution in [0.4, 0.5) is 16.2 Å². The van der Waals surface area contributed by atoms with Gasteiger partial charge in [0.1, 0.15) is 5.75 Å². The highest BCUT2D eigenvalue weighted by molar-refractivity contribution is 6.30. The number of amides is 4. The highest BCUT2D eigenvalue weighted by Gasteiger charge is 2.64. The summed E-state index contributed by atoms with van der Waals surface area (Å²) in [5.41, 5.74) is 1.08. The van der Waals surface area contributed by atoms with Crippen LogP contribution >= 0.6 is 0 Å². The maximum atomic E-state index is 14.2. The number of hydrogen-bond donors (Lipinski definition) is 1. The third kappa shape index (κ3) is 2.83.